The van der Waals surface area contributed by atoms with E-state index in [1.165, 1.54) is 12.1 Å². The van der Waals surface area contributed by atoms with E-state index in [-0.39, 0.29) is 5.56 Å². The molecule has 0 fully saturated rings. The van der Waals surface area contributed by atoms with E-state index in [1.54, 1.807) is 6.08 Å². The Bertz CT molecular complexity index is 492. The van der Waals surface area contributed by atoms with Gasteiger partial charge in [0.1, 0.15) is 0 Å². The summed E-state index contributed by atoms with van der Waals surface area (Å²) in [5.41, 5.74) is -1.01. The SMILES string of the molecule is C=CCCOCCNc1ccc(C#N)c(C(F)(F)F)c1. The molecule has 1 aromatic carbocycles. The number of nitrogens with zero attached hydrogens (tertiary/aromatic N) is 1. The third-order valence-corrected chi connectivity index (χ3v) is 2.49. The molecule has 0 aliphatic rings. The number of benzene rings is 1. The van der Waals surface area contributed by atoms with Gasteiger partial charge in [0.05, 0.1) is 30.4 Å². The molecule has 0 unspecified atom stereocenters. The number of nitrogens with one attached hydrogen (secondary N) is 1. The minimum atomic E-state index is -4.54. The van der Waals surface area contributed by atoms with Gasteiger partial charge in [0.15, 0.2) is 0 Å². The van der Waals surface area contributed by atoms with Crippen LogP contribution in [0.2, 0.25) is 0 Å². The monoisotopic (exact) mass is 284 g/mol. The van der Waals surface area contributed by atoms with Crippen molar-refractivity contribution in [3.63, 3.8) is 0 Å². The molecule has 20 heavy (non-hydrogen) atoms. The normalized spacial score (nSPS) is 10.9. The van der Waals surface area contributed by atoms with E-state index in [0.717, 1.165) is 18.6 Å². The summed E-state index contributed by atoms with van der Waals surface area (Å²) in [6, 6.07) is 5.07. The van der Waals surface area contributed by atoms with Crippen LogP contribution in [0.5, 0.6) is 0 Å². The van der Waals surface area contributed by atoms with E-state index >= 15 is 0 Å². The molecule has 0 aromatic heterocycles. The van der Waals surface area contributed by atoms with Gasteiger partial charge in [-0.2, -0.15) is 18.4 Å². The number of hydrogen-bond donors (Lipinski definition) is 1. The Kier molecular flexibility index (Phi) is 6.07. The Hall–Kier alpha value is -2.00. The molecule has 0 radical (unpaired) electrons. The summed E-state index contributed by atoms with van der Waals surface area (Å²) in [6.45, 7) is 4.85. The highest BCUT2D eigenvalue weighted by Crippen LogP contribution is 2.33. The Morgan fingerprint density at radius 2 is 2.10 bits per heavy atom. The van der Waals surface area contributed by atoms with Gasteiger partial charge in [-0.3, -0.25) is 0 Å². The topological polar surface area (TPSA) is 45.0 Å². The fourth-order valence-corrected chi connectivity index (χ4v) is 1.52. The lowest BCUT2D eigenvalue weighted by atomic mass is 10.1. The minimum Gasteiger partial charge on any atom is -0.383 e. The Morgan fingerprint density at radius 1 is 1.35 bits per heavy atom. The van der Waals surface area contributed by atoms with Crippen molar-refractivity contribution >= 4 is 5.69 Å². The lowest BCUT2D eigenvalue weighted by molar-refractivity contribution is -0.137. The summed E-state index contributed by atoms with van der Waals surface area (Å²) in [5, 5.41) is 11.5. The van der Waals surface area contributed by atoms with Crippen LogP contribution in [-0.4, -0.2) is 19.8 Å². The Labute approximate surface area is 115 Å². The van der Waals surface area contributed by atoms with Crippen LogP contribution in [0.4, 0.5) is 18.9 Å². The smallest absolute Gasteiger partial charge is 0.383 e. The number of anilines is 1. The maximum absolute atomic E-state index is 12.7. The fourth-order valence-electron chi connectivity index (χ4n) is 1.52. The van der Waals surface area contributed by atoms with E-state index in [2.05, 4.69) is 11.9 Å². The van der Waals surface area contributed by atoms with Crippen molar-refractivity contribution in [1.29, 1.82) is 5.26 Å². The van der Waals surface area contributed by atoms with Crippen molar-refractivity contribution < 1.29 is 17.9 Å². The molecule has 0 spiro atoms. The lowest BCUT2D eigenvalue weighted by Crippen LogP contribution is -2.12. The first-order valence-electron chi connectivity index (χ1n) is 6.03. The summed E-state index contributed by atoms with van der Waals surface area (Å²) in [7, 11) is 0. The maximum Gasteiger partial charge on any atom is 0.417 e. The van der Waals surface area contributed by atoms with Gasteiger partial charge in [0, 0.05) is 12.2 Å². The van der Waals surface area contributed by atoms with Crippen LogP contribution in [0.1, 0.15) is 17.5 Å². The molecule has 1 N–H and O–H groups in total. The highest BCUT2D eigenvalue weighted by molar-refractivity contribution is 5.53. The molecule has 0 atom stereocenters. The van der Waals surface area contributed by atoms with Crippen LogP contribution in [0.3, 0.4) is 0 Å². The molecule has 0 aliphatic carbocycles. The first kappa shape index (κ1) is 16.1. The average molecular weight is 284 g/mol. The zero-order valence-corrected chi connectivity index (χ0v) is 10.8. The molecular formula is C14H15F3N2O. The molecule has 1 aromatic rings. The van der Waals surface area contributed by atoms with Gasteiger partial charge in [0.2, 0.25) is 0 Å². The zero-order chi connectivity index (χ0) is 15.0. The molecule has 0 amide bonds. The largest absolute Gasteiger partial charge is 0.417 e. The molecule has 0 bridgehead atoms. The van der Waals surface area contributed by atoms with Gasteiger partial charge >= 0.3 is 6.18 Å². The summed E-state index contributed by atoms with van der Waals surface area (Å²) >= 11 is 0. The minimum absolute atomic E-state index is 0.309. The average Bonchev–Trinajstić information content (AvgIpc) is 2.41. The summed E-state index contributed by atoms with van der Waals surface area (Å²) in [6.07, 6.45) is -2.08. The lowest BCUT2D eigenvalue weighted by Gasteiger charge is -2.12. The molecule has 108 valence electrons. The van der Waals surface area contributed by atoms with Crippen LogP contribution >= 0.6 is 0 Å². The molecular weight excluding hydrogens is 269 g/mol. The number of halogens is 3. The number of hydrogen-bond acceptors (Lipinski definition) is 3. The fraction of sp³-hybridized carbons (Fsp3) is 0.357. The van der Waals surface area contributed by atoms with Gasteiger partial charge in [0.25, 0.3) is 0 Å². The van der Waals surface area contributed by atoms with Crippen LogP contribution < -0.4 is 5.32 Å². The summed E-state index contributed by atoms with van der Waals surface area (Å²) in [5.74, 6) is 0. The van der Waals surface area contributed by atoms with E-state index in [4.69, 9.17) is 10.00 Å². The zero-order valence-electron chi connectivity index (χ0n) is 10.8. The van der Waals surface area contributed by atoms with Crippen LogP contribution in [-0.2, 0) is 10.9 Å². The van der Waals surface area contributed by atoms with Gasteiger partial charge in [-0.25, -0.2) is 0 Å². The van der Waals surface area contributed by atoms with Crippen LogP contribution in [0.25, 0.3) is 0 Å². The standard InChI is InChI=1S/C14H15F3N2O/c1-2-3-7-20-8-6-19-12-5-4-11(10-18)13(9-12)14(15,16)17/h2,4-5,9,19H,1,3,6-8H2. The third-order valence-electron chi connectivity index (χ3n) is 2.49. The van der Waals surface area contributed by atoms with E-state index in [9.17, 15) is 13.2 Å². The second-order valence-corrected chi connectivity index (χ2v) is 3.99. The molecule has 0 saturated carbocycles. The van der Waals surface area contributed by atoms with Crippen LogP contribution in [0.15, 0.2) is 30.9 Å². The van der Waals surface area contributed by atoms with Crippen molar-refractivity contribution in [3.05, 3.63) is 42.0 Å². The number of nitriles is 1. The maximum atomic E-state index is 12.7. The van der Waals surface area contributed by atoms with Crippen molar-refractivity contribution in [2.45, 2.75) is 12.6 Å². The molecule has 0 saturated heterocycles. The third kappa shape index (κ3) is 4.94. The van der Waals surface area contributed by atoms with Gasteiger partial charge in [-0.1, -0.05) is 6.08 Å². The van der Waals surface area contributed by atoms with Crippen LogP contribution in [0, 0.1) is 11.3 Å². The highest BCUT2D eigenvalue weighted by atomic mass is 19.4. The molecule has 0 aliphatic heterocycles. The quantitative estimate of drug-likeness (QED) is 0.615. The summed E-state index contributed by atoms with van der Waals surface area (Å²) in [4.78, 5) is 0. The second-order valence-electron chi connectivity index (χ2n) is 3.99. The molecule has 1 rings (SSSR count). The highest BCUT2D eigenvalue weighted by Gasteiger charge is 2.33. The second kappa shape index (κ2) is 7.56. The van der Waals surface area contributed by atoms with Crippen molar-refractivity contribution in [3.8, 4) is 6.07 Å². The van der Waals surface area contributed by atoms with Crippen molar-refractivity contribution in [2.75, 3.05) is 25.1 Å². The van der Waals surface area contributed by atoms with Gasteiger partial charge in [-0.15, -0.1) is 6.58 Å². The summed E-state index contributed by atoms with van der Waals surface area (Å²) < 4.78 is 43.4. The van der Waals surface area contributed by atoms with Crippen molar-refractivity contribution in [1.82, 2.24) is 0 Å². The Balaban J connectivity index is 2.60. The molecule has 6 heteroatoms. The number of rotatable bonds is 7. The first-order chi connectivity index (χ1) is 9.49. The Morgan fingerprint density at radius 3 is 2.70 bits per heavy atom. The van der Waals surface area contributed by atoms with E-state index in [0.29, 0.717) is 25.4 Å². The predicted molar refractivity (Wildman–Crippen MR) is 70.3 cm³/mol. The van der Waals surface area contributed by atoms with Gasteiger partial charge < -0.3 is 10.1 Å². The molecule has 0 heterocycles. The van der Waals surface area contributed by atoms with E-state index < -0.39 is 11.7 Å². The number of alkyl halides is 3. The van der Waals surface area contributed by atoms with Gasteiger partial charge in [-0.05, 0) is 24.6 Å². The number of ether oxygens (including phenoxy) is 1. The molecule has 3 nitrogen and oxygen atoms in total. The predicted octanol–water partition coefficient (Wildman–Crippen LogP) is 3.58. The van der Waals surface area contributed by atoms with Crippen molar-refractivity contribution in [2.24, 2.45) is 0 Å². The first-order valence-corrected chi connectivity index (χ1v) is 6.03. The van der Waals surface area contributed by atoms with E-state index in [1.807, 2.05) is 0 Å².